The number of hydrogen-bond donors (Lipinski definition) is 5. The number of nitrogens with one attached hydrogen (secondary N) is 3. The lowest BCUT2D eigenvalue weighted by Gasteiger charge is -2.14. The van der Waals surface area contributed by atoms with E-state index in [1.54, 1.807) is 6.20 Å². The van der Waals surface area contributed by atoms with Crippen molar-refractivity contribution in [1.82, 2.24) is 4.98 Å². The van der Waals surface area contributed by atoms with Gasteiger partial charge in [0.2, 0.25) is 0 Å². The third kappa shape index (κ3) is 4.16. The van der Waals surface area contributed by atoms with Crippen molar-refractivity contribution < 1.29 is 4.74 Å². The first kappa shape index (κ1) is 18.7. The van der Waals surface area contributed by atoms with Gasteiger partial charge in [-0.25, -0.2) is 4.98 Å². The van der Waals surface area contributed by atoms with Gasteiger partial charge in [0.1, 0.15) is 17.3 Å². The molecule has 7 nitrogen and oxygen atoms in total. The Labute approximate surface area is 162 Å². The van der Waals surface area contributed by atoms with Crippen LogP contribution in [0.2, 0.25) is 0 Å². The lowest BCUT2D eigenvalue weighted by Crippen LogP contribution is -2.17. The summed E-state index contributed by atoms with van der Waals surface area (Å²) in [6.07, 6.45) is 5.77. The zero-order valence-electron chi connectivity index (χ0n) is 15.0. The molecule has 140 valence electrons. The van der Waals surface area contributed by atoms with Gasteiger partial charge in [-0.3, -0.25) is 5.41 Å². The van der Waals surface area contributed by atoms with Crippen LogP contribution >= 0.6 is 0 Å². The molecule has 0 spiro atoms. The number of ether oxygens (including phenoxy) is 1. The molecule has 0 aliphatic heterocycles. The number of amidine groups is 1. The summed E-state index contributed by atoms with van der Waals surface area (Å²) in [4.78, 5) is 4.31. The monoisotopic (exact) mass is 372 g/mol. The molecule has 0 radical (unpaired) electrons. The van der Waals surface area contributed by atoms with Gasteiger partial charge >= 0.3 is 0 Å². The van der Waals surface area contributed by atoms with Crippen LogP contribution in [0.3, 0.4) is 0 Å². The topological polar surface area (TPSA) is 134 Å². The van der Waals surface area contributed by atoms with Crippen molar-refractivity contribution in [2.45, 2.75) is 0 Å². The molecule has 1 aromatic heterocycles. The second kappa shape index (κ2) is 8.50. The number of para-hydroxylation sites is 1. The first-order chi connectivity index (χ1) is 13.6. The normalized spacial score (nSPS) is 10.6. The minimum absolute atomic E-state index is 0.154. The zero-order valence-corrected chi connectivity index (χ0v) is 15.0. The van der Waals surface area contributed by atoms with Gasteiger partial charge < -0.3 is 26.9 Å². The number of nitrogen functional groups attached to an aromatic ring is 2. The zero-order chi connectivity index (χ0) is 19.9. The van der Waals surface area contributed by atoms with Crippen LogP contribution in [0.1, 0.15) is 5.56 Å². The quantitative estimate of drug-likeness (QED) is 0.316. The molecule has 0 saturated carbocycles. The molecule has 3 aromatic rings. The highest BCUT2D eigenvalue weighted by atomic mass is 16.5. The molecule has 0 bridgehead atoms. The molecule has 1 heterocycles. The third-order valence-corrected chi connectivity index (χ3v) is 3.94. The molecule has 3 rings (SSSR count). The van der Waals surface area contributed by atoms with Gasteiger partial charge in [-0.2, -0.15) is 0 Å². The Morgan fingerprint density at radius 2 is 1.71 bits per heavy atom. The van der Waals surface area contributed by atoms with Crippen molar-refractivity contribution in [2.75, 3.05) is 11.1 Å². The molecule has 7 heteroatoms. The van der Waals surface area contributed by atoms with Gasteiger partial charge in [0.05, 0.1) is 11.3 Å². The van der Waals surface area contributed by atoms with Crippen LogP contribution in [0, 0.1) is 10.8 Å². The number of allylic oxidation sites excluding steroid dienone is 1. The molecular formula is C21H20N6O. The molecule has 2 aromatic carbocycles. The fourth-order valence-electron chi connectivity index (χ4n) is 2.65. The Kier molecular flexibility index (Phi) is 5.66. The van der Waals surface area contributed by atoms with Gasteiger partial charge in [-0.15, -0.1) is 0 Å². The van der Waals surface area contributed by atoms with E-state index < -0.39 is 0 Å². The highest BCUT2D eigenvalue weighted by Gasteiger charge is 2.16. The van der Waals surface area contributed by atoms with Gasteiger partial charge in [0.25, 0.3) is 0 Å². The van der Waals surface area contributed by atoms with Crippen LogP contribution in [0.4, 0.5) is 11.5 Å². The standard InChI is InChI=1S/C21H20N6O/c22-11-4-12-26-21-19(23)18(20(24)25)17(13-27-21)14-7-9-16(10-8-14)28-15-5-2-1-3-6-15/h1-13,22H,23H2,(H3,24,25)(H,26,27)/b12-4-,22-11?. The predicted octanol–water partition coefficient (Wildman–Crippen LogP) is 3.98. The van der Waals surface area contributed by atoms with Crippen LogP contribution in [0.15, 0.2) is 73.1 Å². The van der Waals surface area contributed by atoms with Crippen molar-refractivity contribution in [3.8, 4) is 22.6 Å². The average Bonchev–Trinajstić information content (AvgIpc) is 2.70. The second-order valence-corrected chi connectivity index (χ2v) is 5.83. The fourth-order valence-corrected chi connectivity index (χ4v) is 2.65. The lowest BCUT2D eigenvalue weighted by atomic mass is 9.99. The number of benzene rings is 2. The summed E-state index contributed by atoms with van der Waals surface area (Å²) >= 11 is 0. The fraction of sp³-hybridized carbons (Fsp3) is 0. The van der Waals surface area contributed by atoms with Crippen molar-refractivity contribution in [3.05, 3.63) is 78.6 Å². The molecule has 0 aliphatic carbocycles. The number of pyridine rings is 1. The molecule has 0 saturated heterocycles. The SMILES string of the molecule is N=C/C=C\Nc1ncc(-c2ccc(Oc3ccccc3)cc2)c(C(=N)N)c1N. The first-order valence-corrected chi connectivity index (χ1v) is 8.48. The van der Waals surface area contributed by atoms with E-state index in [1.807, 2.05) is 54.6 Å². The van der Waals surface area contributed by atoms with E-state index in [0.717, 1.165) is 17.5 Å². The van der Waals surface area contributed by atoms with Gasteiger partial charge in [0, 0.05) is 24.2 Å². The van der Waals surface area contributed by atoms with Crippen molar-refractivity contribution >= 4 is 23.6 Å². The summed E-state index contributed by atoms with van der Waals surface area (Å²) in [6.45, 7) is 0. The second-order valence-electron chi connectivity index (χ2n) is 5.83. The van der Waals surface area contributed by atoms with Crippen molar-refractivity contribution in [2.24, 2.45) is 5.73 Å². The largest absolute Gasteiger partial charge is 0.457 e. The van der Waals surface area contributed by atoms with Crippen LogP contribution in [0.25, 0.3) is 11.1 Å². The maximum Gasteiger partial charge on any atom is 0.153 e. The van der Waals surface area contributed by atoms with Crippen LogP contribution < -0.4 is 21.5 Å². The Morgan fingerprint density at radius 1 is 1.04 bits per heavy atom. The van der Waals surface area contributed by atoms with Crippen LogP contribution in [-0.2, 0) is 0 Å². The molecule has 0 amide bonds. The van der Waals surface area contributed by atoms with E-state index >= 15 is 0 Å². The molecule has 0 fully saturated rings. The third-order valence-electron chi connectivity index (χ3n) is 3.94. The summed E-state index contributed by atoms with van der Waals surface area (Å²) in [6, 6.07) is 16.9. The summed E-state index contributed by atoms with van der Waals surface area (Å²) < 4.78 is 5.80. The van der Waals surface area contributed by atoms with E-state index in [9.17, 15) is 0 Å². The van der Waals surface area contributed by atoms with Crippen LogP contribution in [-0.4, -0.2) is 17.0 Å². The van der Waals surface area contributed by atoms with E-state index in [2.05, 4.69) is 10.3 Å². The Morgan fingerprint density at radius 3 is 2.36 bits per heavy atom. The number of rotatable bonds is 7. The van der Waals surface area contributed by atoms with Gasteiger partial charge in [-0.05, 0) is 35.9 Å². The molecule has 0 atom stereocenters. The van der Waals surface area contributed by atoms with Crippen LogP contribution in [0.5, 0.6) is 11.5 Å². The average molecular weight is 372 g/mol. The minimum atomic E-state index is -0.154. The van der Waals surface area contributed by atoms with Crippen molar-refractivity contribution in [3.63, 3.8) is 0 Å². The summed E-state index contributed by atoms with van der Waals surface area (Å²) in [5, 5.41) is 17.8. The minimum Gasteiger partial charge on any atom is -0.457 e. The highest BCUT2D eigenvalue weighted by molar-refractivity contribution is 6.07. The van der Waals surface area contributed by atoms with Gasteiger partial charge in [0.15, 0.2) is 5.82 Å². The van der Waals surface area contributed by atoms with Gasteiger partial charge in [-0.1, -0.05) is 30.3 Å². The smallest absolute Gasteiger partial charge is 0.153 e. The highest BCUT2D eigenvalue weighted by Crippen LogP contribution is 2.32. The Bertz CT molecular complexity index is 1010. The maximum atomic E-state index is 7.93. The summed E-state index contributed by atoms with van der Waals surface area (Å²) in [7, 11) is 0. The molecule has 0 unspecified atom stereocenters. The summed E-state index contributed by atoms with van der Waals surface area (Å²) in [5.41, 5.74) is 14.1. The Balaban J connectivity index is 1.92. The van der Waals surface area contributed by atoms with E-state index in [0.29, 0.717) is 22.7 Å². The molecule has 28 heavy (non-hydrogen) atoms. The molecule has 0 aliphatic rings. The maximum absolute atomic E-state index is 7.93. The first-order valence-electron chi connectivity index (χ1n) is 8.48. The van der Waals surface area contributed by atoms with E-state index in [4.69, 9.17) is 27.0 Å². The van der Waals surface area contributed by atoms with Crippen molar-refractivity contribution in [1.29, 1.82) is 10.8 Å². The number of aromatic nitrogens is 1. The van der Waals surface area contributed by atoms with E-state index in [-0.39, 0.29) is 11.5 Å². The number of anilines is 2. The number of nitrogens with zero attached hydrogens (tertiary/aromatic N) is 1. The summed E-state index contributed by atoms with van der Waals surface area (Å²) in [5.74, 6) is 1.66. The molecular weight excluding hydrogens is 352 g/mol. The predicted molar refractivity (Wildman–Crippen MR) is 113 cm³/mol. The number of nitrogens with two attached hydrogens (primary N) is 2. The number of hydrogen-bond acceptors (Lipinski definition) is 6. The Hall–Kier alpha value is -4.13. The molecule has 7 N–H and O–H groups in total. The van der Waals surface area contributed by atoms with E-state index in [1.165, 1.54) is 12.3 Å². The lowest BCUT2D eigenvalue weighted by molar-refractivity contribution is 0.483.